The highest BCUT2D eigenvalue weighted by molar-refractivity contribution is 7.40. The minimum Gasteiger partial charge on any atom is -0.822 e. The first-order valence-electron chi connectivity index (χ1n) is 54.8. The average Bonchev–Trinajstić information content (AvgIpc) is 0.914. The molecule has 0 aromatic heterocycles. The van der Waals surface area contributed by atoms with E-state index in [9.17, 15) is 0 Å². The van der Waals surface area contributed by atoms with Gasteiger partial charge in [0.05, 0.1) is 80.0 Å². The van der Waals surface area contributed by atoms with Crippen LogP contribution < -0.4 is 14.7 Å². The first-order valence-corrected chi connectivity index (χ1v) is 56.2. The summed E-state index contributed by atoms with van der Waals surface area (Å²) in [6, 6.07) is 0. The highest BCUT2D eigenvalue weighted by atomic mass is 31.2. The van der Waals surface area contributed by atoms with Crippen LogP contribution in [-0.4, -0.2) is 93.5 Å². The molecular weight excluding hydrogens is 1430 g/mol. The number of hydrogen-bond donors (Lipinski definition) is 0. The van der Waals surface area contributed by atoms with Gasteiger partial charge in [0.15, 0.2) is 0 Å². The molecule has 8 heteroatoms. The molecule has 0 aromatic rings. The van der Waals surface area contributed by atoms with Crippen LogP contribution in [-0.2, 0) is 4.57 Å². The molecule has 0 spiro atoms. The summed E-state index contributed by atoms with van der Waals surface area (Å²) in [5.74, 6) is 0. The molecule has 704 valence electrons. The van der Waals surface area contributed by atoms with Gasteiger partial charge in [-0.1, -0.05) is 505 Å². The molecule has 0 aromatic carbocycles. The lowest BCUT2D eigenvalue weighted by Gasteiger charge is -2.36. The van der Waals surface area contributed by atoms with Crippen LogP contribution in [0.1, 0.15) is 621 Å². The zero-order valence-electron chi connectivity index (χ0n) is 83.3. The molecule has 0 radical (unpaired) electrons. The van der Waals surface area contributed by atoms with Gasteiger partial charge in [-0.3, -0.25) is 0 Å². The van der Waals surface area contributed by atoms with E-state index in [0.717, 1.165) is 0 Å². The van der Waals surface area contributed by atoms with Crippen molar-refractivity contribution in [1.29, 1.82) is 0 Å². The van der Waals surface area contributed by atoms with Gasteiger partial charge >= 0.3 is 0 Å². The summed E-state index contributed by atoms with van der Waals surface area (Å²) < 4.78 is 12.6. The summed E-state index contributed by atoms with van der Waals surface area (Å²) in [5, 5.41) is 0. The Morgan fingerprint density at radius 1 is 0.129 bits per heavy atom. The van der Waals surface area contributed by atoms with E-state index in [1.807, 2.05) is 0 Å². The molecule has 7 nitrogen and oxygen atoms in total. The fourth-order valence-corrected chi connectivity index (χ4v) is 18.3. The normalized spacial score (nSPS) is 13.2. The van der Waals surface area contributed by atoms with E-state index in [1.54, 1.807) is 0 Å². The number of nitrogens with zero attached hydrogens (tertiary/aromatic N) is 3. The van der Waals surface area contributed by atoms with Gasteiger partial charge < -0.3 is 32.7 Å². The van der Waals surface area contributed by atoms with E-state index < -0.39 is 7.82 Å². The molecule has 3 unspecified atom stereocenters. The van der Waals surface area contributed by atoms with Gasteiger partial charge in [-0.05, 0) is 116 Å². The van der Waals surface area contributed by atoms with Crippen LogP contribution >= 0.6 is 7.82 Å². The standard InChI is InChI=1S/3C36H76N.H3O4P/c3*1-5-8-11-14-17-20-22-24-27-30-33-36-37(4,34-31-28-25-19-16-13-10-7-3)35-32-29-26-23-21-18-15-12-9-6-2;1-5(2,3)4/h3*5-36H2,1-4H3;(H3,1,2,3,4)/q3*+1;/p-3. The predicted molar refractivity (Wildman–Crippen MR) is 523 cm³/mol. The molecule has 0 aliphatic rings. The van der Waals surface area contributed by atoms with Crippen LogP contribution in [0.15, 0.2) is 0 Å². The zero-order valence-corrected chi connectivity index (χ0v) is 84.2. The van der Waals surface area contributed by atoms with Crippen molar-refractivity contribution in [2.24, 2.45) is 0 Å². The van der Waals surface area contributed by atoms with Gasteiger partial charge in [-0.15, -0.1) is 0 Å². The predicted octanol–water partition coefficient (Wildman–Crippen LogP) is 35.6. The maximum Gasteiger partial charge on any atom is 0.0784 e. The van der Waals surface area contributed by atoms with Gasteiger partial charge in [0.2, 0.25) is 0 Å². The number of rotatable bonds is 96. The van der Waals surface area contributed by atoms with Crippen LogP contribution in [0.5, 0.6) is 0 Å². The van der Waals surface area contributed by atoms with Gasteiger partial charge in [-0.25, -0.2) is 0 Å². The largest absolute Gasteiger partial charge is 0.822 e. The Labute approximate surface area is 737 Å². The summed E-state index contributed by atoms with van der Waals surface area (Å²) in [7, 11) is 2.42. The number of quaternary nitrogens is 3. The average molecular weight is 1660 g/mol. The van der Waals surface area contributed by atoms with E-state index in [-0.39, 0.29) is 0 Å². The Hall–Kier alpha value is -0.0100. The fourth-order valence-electron chi connectivity index (χ4n) is 18.3. The Morgan fingerprint density at radius 2 is 0.181 bits per heavy atom. The second-order valence-electron chi connectivity index (χ2n) is 39.4. The Kier molecular flexibility index (Phi) is 109. The highest BCUT2D eigenvalue weighted by Crippen LogP contribution is 2.24. The molecule has 0 heterocycles. The lowest BCUT2D eigenvalue weighted by atomic mass is 10.0. The molecule has 0 saturated heterocycles. The summed E-state index contributed by atoms with van der Waals surface area (Å²) >= 11 is 0. The first kappa shape index (κ1) is 122. The van der Waals surface area contributed by atoms with Crippen molar-refractivity contribution in [2.45, 2.75) is 621 Å². The minimum absolute atomic E-state index is 1.37. The first-order chi connectivity index (χ1) is 56.5. The van der Waals surface area contributed by atoms with Crippen molar-refractivity contribution < 1.29 is 32.7 Å². The molecule has 0 aliphatic heterocycles. The Bertz CT molecular complexity index is 1580. The minimum atomic E-state index is -5.39. The monoisotopic (exact) mass is 1660 g/mol. The lowest BCUT2D eigenvalue weighted by Crippen LogP contribution is -2.46. The smallest absolute Gasteiger partial charge is 0.0784 e. The molecule has 116 heavy (non-hydrogen) atoms. The van der Waals surface area contributed by atoms with Crippen molar-refractivity contribution >= 4 is 7.82 Å². The van der Waals surface area contributed by atoms with Gasteiger partial charge in [0, 0.05) is 0 Å². The fraction of sp³-hybridized carbons (Fsp3) is 1.00. The zero-order chi connectivity index (χ0) is 85.9. The molecule has 0 bridgehead atoms. The third-order valence-corrected chi connectivity index (χ3v) is 26.7. The number of hydrogen-bond acceptors (Lipinski definition) is 4. The molecule has 0 rings (SSSR count). The van der Waals surface area contributed by atoms with Crippen molar-refractivity contribution in [3.05, 3.63) is 0 Å². The number of unbranched alkanes of at least 4 members (excludes halogenated alkanes) is 78. The van der Waals surface area contributed by atoms with Crippen LogP contribution in [0.2, 0.25) is 0 Å². The third-order valence-electron chi connectivity index (χ3n) is 26.7. The molecule has 3 atom stereocenters. The van der Waals surface area contributed by atoms with E-state index in [2.05, 4.69) is 83.5 Å². The molecule has 0 N–H and O–H groups in total. The molecule has 0 aliphatic carbocycles. The maximum absolute atomic E-state index is 8.55. The topological polar surface area (TPSA) is 86.2 Å². The summed E-state index contributed by atoms with van der Waals surface area (Å²) in [6.45, 7) is 33.8. The van der Waals surface area contributed by atoms with Crippen LogP contribution in [0.3, 0.4) is 0 Å². The SMILES string of the molecule is CCCCCCCCCCCCC[N+](C)(CCCCCCCCCC)CCCCCCCCCCCC.CCCCCCCCCCCCC[N+](C)(CCCCCCCCCC)CCCCCCCCCCCC.CCCCCCCCCCCCC[N+](C)(CCCCCCCCCC)CCCCCCCCCCCC.O=P([O-])([O-])[O-]. The van der Waals surface area contributed by atoms with Crippen LogP contribution in [0.4, 0.5) is 0 Å². The van der Waals surface area contributed by atoms with Gasteiger partial charge in [-0.2, -0.15) is 7.82 Å². The summed E-state index contributed by atoms with van der Waals surface area (Å²) in [6.07, 6.45) is 127. The quantitative estimate of drug-likeness (QED) is 0.0345. The lowest BCUT2D eigenvalue weighted by molar-refractivity contribution is -0.910. The number of phosphoric acid groups is 1. The van der Waals surface area contributed by atoms with Gasteiger partial charge in [0.1, 0.15) is 0 Å². The third kappa shape index (κ3) is 112. The maximum atomic E-state index is 8.55. The van der Waals surface area contributed by atoms with E-state index in [0.29, 0.717) is 0 Å². The summed E-state index contributed by atoms with van der Waals surface area (Å²) in [4.78, 5) is 25.6. The molecule has 0 saturated carbocycles. The Balaban J connectivity index is -0.000000786. The van der Waals surface area contributed by atoms with E-state index in [4.69, 9.17) is 19.2 Å². The Morgan fingerprint density at radius 3 is 0.241 bits per heavy atom. The van der Waals surface area contributed by atoms with Crippen molar-refractivity contribution in [2.75, 3.05) is 80.0 Å². The molecule has 0 fully saturated rings. The van der Waals surface area contributed by atoms with Crippen molar-refractivity contribution in [3.63, 3.8) is 0 Å². The second-order valence-corrected chi connectivity index (χ2v) is 40.3. The van der Waals surface area contributed by atoms with Crippen molar-refractivity contribution in [3.8, 4) is 0 Å². The van der Waals surface area contributed by atoms with Crippen LogP contribution in [0.25, 0.3) is 0 Å². The van der Waals surface area contributed by atoms with Gasteiger partial charge in [0.25, 0.3) is 0 Å². The molecule has 0 amide bonds. The van der Waals surface area contributed by atoms with E-state index >= 15 is 0 Å². The second kappa shape index (κ2) is 104. The van der Waals surface area contributed by atoms with Crippen LogP contribution in [0, 0.1) is 0 Å². The molecular formula is C108H228N3O4P. The van der Waals surface area contributed by atoms with E-state index in [1.165, 1.54) is 631 Å². The highest BCUT2D eigenvalue weighted by Gasteiger charge is 2.23. The summed E-state index contributed by atoms with van der Waals surface area (Å²) in [5.41, 5.74) is 0. The van der Waals surface area contributed by atoms with Crippen molar-refractivity contribution in [1.82, 2.24) is 0 Å².